The lowest BCUT2D eigenvalue weighted by Gasteiger charge is -2.35. The monoisotopic (exact) mass is 758 g/mol. The third kappa shape index (κ3) is 14.3. The van der Waals surface area contributed by atoms with Crippen molar-refractivity contribution in [2.24, 2.45) is 5.73 Å². The van der Waals surface area contributed by atoms with Gasteiger partial charge in [-0.1, -0.05) is 47.9 Å². The number of unbranched alkanes of at least 4 members (excludes halogenated alkanes) is 4. The van der Waals surface area contributed by atoms with Crippen LogP contribution < -0.4 is 21.3 Å². The number of aromatic nitrogens is 3. The smallest absolute Gasteiger partial charge is 0.267 e. The van der Waals surface area contributed by atoms with Gasteiger partial charge in [-0.25, -0.2) is 15.0 Å². The van der Waals surface area contributed by atoms with Crippen LogP contribution in [0.1, 0.15) is 72.4 Å². The van der Waals surface area contributed by atoms with Crippen molar-refractivity contribution in [3.8, 4) is 0 Å². The highest BCUT2D eigenvalue weighted by atomic mass is 35.5. The molecule has 0 atom stereocenters. The van der Waals surface area contributed by atoms with E-state index >= 15 is 0 Å². The number of piperazine rings is 1. The zero-order chi connectivity index (χ0) is 37.1. The van der Waals surface area contributed by atoms with E-state index in [1.807, 2.05) is 36.9 Å². The van der Waals surface area contributed by atoms with Crippen molar-refractivity contribution in [3.05, 3.63) is 51.7 Å². The predicted octanol–water partition coefficient (Wildman–Crippen LogP) is 5.50. The van der Waals surface area contributed by atoms with Crippen molar-refractivity contribution in [2.45, 2.75) is 65.2 Å². The number of primary amides is 1. The van der Waals surface area contributed by atoms with E-state index in [1.54, 1.807) is 6.07 Å². The SMILES string of the molecule is Cc1nc(Nc2ncc(C(=O)Nc3c(C)cccc3Cl)s2)cc(N2CCN(C(=O)CCCCCOCCOCCOCCCCCC(N)=O)CC2)n1. The highest BCUT2D eigenvalue weighted by Gasteiger charge is 2.22. The average Bonchev–Trinajstić information content (AvgIpc) is 3.59. The maximum absolute atomic E-state index is 12.9. The molecule has 0 bridgehead atoms. The molecule has 0 saturated carbocycles. The molecule has 1 aromatic carbocycles. The fraction of sp³-hybridized carbons (Fsp3) is 0.556. The summed E-state index contributed by atoms with van der Waals surface area (Å²) < 4.78 is 16.7. The number of carbonyl (C=O) groups excluding carboxylic acids is 3. The van der Waals surface area contributed by atoms with E-state index in [2.05, 4.69) is 30.5 Å². The zero-order valence-electron chi connectivity index (χ0n) is 30.2. The van der Waals surface area contributed by atoms with Gasteiger partial charge in [-0.15, -0.1) is 0 Å². The maximum Gasteiger partial charge on any atom is 0.267 e. The van der Waals surface area contributed by atoms with E-state index in [4.69, 9.17) is 31.5 Å². The number of benzene rings is 1. The van der Waals surface area contributed by atoms with E-state index < -0.39 is 0 Å². The van der Waals surface area contributed by atoms with Gasteiger partial charge in [-0.2, -0.15) is 0 Å². The highest BCUT2D eigenvalue weighted by Crippen LogP contribution is 2.28. The Hall–Kier alpha value is -3.89. The Morgan fingerprint density at radius 1 is 0.865 bits per heavy atom. The van der Waals surface area contributed by atoms with Crippen LogP contribution in [-0.2, 0) is 23.8 Å². The molecule has 284 valence electrons. The molecule has 1 aliphatic rings. The molecule has 1 fully saturated rings. The van der Waals surface area contributed by atoms with Crippen LogP contribution in [0.3, 0.4) is 0 Å². The average molecular weight is 759 g/mol. The van der Waals surface area contributed by atoms with E-state index in [9.17, 15) is 14.4 Å². The topological polar surface area (TPSA) is 174 Å². The molecule has 1 saturated heterocycles. The van der Waals surface area contributed by atoms with Gasteiger partial charge < -0.3 is 40.4 Å². The van der Waals surface area contributed by atoms with Gasteiger partial charge in [0.25, 0.3) is 5.91 Å². The molecule has 3 heterocycles. The molecular weight excluding hydrogens is 708 g/mol. The molecule has 3 aromatic rings. The lowest BCUT2D eigenvalue weighted by atomic mass is 10.1. The molecule has 52 heavy (non-hydrogen) atoms. The Balaban J connectivity index is 1.06. The molecule has 2 aromatic heterocycles. The first-order chi connectivity index (χ1) is 25.2. The molecule has 0 unspecified atom stereocenters. The summed E-state index contributed by atoms with van der Waals surface area (Å²) in [5.41, 5.74) is 6.57. The lowest BCUT2D eigenvalue weighted by molar-refractivity contribution is -0.131. The number of hydrogen-bond donors (Lipinski definition) is 3. The van der Waals surface area contributed by atoms with Gasteiger partial charge in [-0.05, 0) is 51.2 Å². The van der Waals surface area contributed by atoms with Crippen LogP contribution >= 0.6 is 22.9 Å². The number of anilines is 4. The minimum Gasteiger partial charge on any atom is -0.379 e. The Bertz CT molecular complexity index is 1570. The predicted molar refractivity (Wildman–Crippen MR) is 204 cm³/mol. The first kappa shape index (κ1) is 40.9. The molecule has 3 amide bonds. The van der Waals surface area contributed by atoms with E-state index in [-0.39, 0.29) is 17.7 Å². The van der Waals surface area contributed by atoms with Crippen LogP contribution in [-0.4, -0.2) is 103 Å². The summed E-state index contributed by atoms with van der Waals surface area (Å²) in [7, 11) is 0. The number of halogens is 1. The number of ether oxygens (including phenoxy) is 3. The molecule has 0 spiro atoms. The normalized spacial score (nSPS) is 13.0. The van der Waals surface area contributed by atoms with Crippen LogP contribution in [0.5, 0.6) is 0 Å². The summed E-state index contributed by atoms with van der Waals surface area (Å²) in [5, 5.41) is 7.09. The van der Waals surface area contributed by atoms with Gasteiger partial charge in [0.15, 0.2) is 5.13 Å². The zero-order valence-corrected chi connectivity index (χ0v) is 31.7. The number of aryl methyl sites for hydroxylation is 2. The summed E-state index contributed by atoms with van der Waals surface area (Å²) >= 11 is 7.49. The number of nitrogens with zero attached hydrogens (tertiary/aromatic N) is 5. The molecule has 4 rings (SSSR count). The van der Waals surface area contributed by atoms with Crippen molar-refractivity contribution in [1.82, 2.24) is 19.9 Å². The van der Waals surface area contributed by atoms with Gasteiger partial charge in [-0.3, -0.25) is 14.4 Å². The highest BCUT2D eigenvalue weighted by molar-refractivity contribution is 7.17. The first-order valence-corrected chi connectivity index (χ1v) is 19.1. The summed E-state index contributed by atoms with van der Waals surface area (Å²) in [6.07, 6.45) is 7.81. The lowest BCUT2D eigenvalue weighted by Crippen LogP contribution is -2.49. The number of carbonyl (C=O) groups is 3. The van der Waals surface area contributed by atoms with Gasteiger partial charge >= 0.3 is 0 Å². The number of amides is 3. The van der Waals surface area contributed by atoms with Gasteiger partial charge in [0.1, 0.15) is 22.3 Å². The summed E-state index contributed by atoms with van der Waals surface area (Å²) in [5.74, 6) is 1.59. The molecule has 16 heteroatoms. The fourth-order valence-electron chi connectivity index (χ4n) is 5.51. The Labute approximate surface area is 314 Å². The van der Waals surface area contributed by atoms with E-state index in [0.717, 1.165) is 49.9 Å². The quantitative estimate of drug-likeness (QED) is 0.104. The Kier molecular flexibility index (Phi) is 17.5. The maximum atomic E-state index is 12.9. The first-order valence-electron chi connectivity index (χ1n) is 17.9. The van der Waals surface area contributed by atoms with Crippen LogP contribution in [0.2, 0.25) is 5.02 Å². The van der Waals surface area contributed by atoms with Crippen molar-refractivity contribution >= 4 is 63.1 Å². The van der Waals surface area contributed by atoms with Crippen molar-refractivity contribution in [3.63, 3.8) is 0 Å². The molecule has 0 radical (unpaired) electrons. The molecule has 14 nitrogen and oxygen atoms in total. The molecule has 0 aliphatic carbocycles. The summed E-state index contributed by atoms with van der Waals surface area (Å²) in [4.78, 5) is 54.5. The largest absolute Gasteiger partial charge is 0.379 e. The van der Waals surface area contributed by atoms with Crippen LogP contribution in [0.15, 0.2) is 30.5 Å². The second kappa shape index (κ2) is 22.2. The number of para-hydroxylation sites is 1. The minimum atomic E-state index is -0.290. The second-order valence-electron chi connectivity index (χ2n) is 12.5. The van der Waals surface area contributed by atoms with Crippen LogP contribution in [0, 0.1) is 13.8 Å². The molecule has 1 aliphatic heterocycles. The van der Waals surface area contributed by atoms with Crippen molar-refractivity contribution in [2.75, 3.05) is 81.4 Å². The number of nitrogens with one attached hydrogen (secondary N) is 2. The standard InChI is InChI=1S/C36H51ClN8O6S/c1-26-10-9-11-28(37)34(26)43-35(48)29-25-39-36(52-29)42-31-24-32(41-27(2)40-31)44-14-16-45(17-15-44)33(47)13-6-4-8-19-50-21-23-51-22-20-49-18-7-3-5-12-30(38)46/h9-11,24-25H,3-8,12-23H2,1-2H3,(H2,38,46)(H,43,48)(H,39,40,41,42). The summed E-state index contributed by atoms with van der Waals surface area (Å²) in [6.45, 7) is 9.77. The Morgan fingerprint density at radius 3 is 2.17 bits per heavy atom. The number of rotatable bonds is 23. The Morgan fingerprint density at radius 2 is 1.52 bits per heavy atom. The minimum absolute atomic E-state index is 0.177. The van der Waals surface area contributed by atoms with Gasteiger partial charge in [0.2, 0.25) is 11.8 Å². The van der Waals surface area contributed by atoms with Gasteiger partial charge in [0.05, 0.1) is 43.3 Å². The third-order valence-corrected chi connectivity index (χ3v) is 9.57. The second-order valence-corrected chi connectivity index (χ2v) is 13.9. The third-order valence-electron chi connectivity index (χ3n) is 8.34. The number of thiazole rings is 1. The van der Waals surface area contributed by atoms with Crippen molar-refractivity contribution in [1.29, 1.82) is 0 Å². The molecule has 4 N–H and O–H groups in total. The fourth-order valence-corrected chi connectivity index (χ4v) is 6.50. The van der Waals surface area contributed by atoms with Gasteiger partial charge in [0, 0.05) is 58.3 Å². The van der Waals surface area contributed by atoms with E-state index in [1.165, 1.54) is 17.5 Å². The number of nitrogens with two attached hydrogens (primary N) is 1. The van der Waals surface area contributed by atoms with Crippen LogP contribution in [0.25, 0.3) is 0 Å². The van der Waals surface area contributed by atoms with Crippen LogP contribution in [0.4, 0.5) is 22.5 Å². The van der Waals surface area contributed by atoms with E-state index in [0.29, 0.717) is 111 Å². The summed E-state index contributed by atoms with van der Waals surface area (Å²) in [6, 6.07) is 7.32. The van der Waals surface area contributed by atoms with Crippen molar-refractivity contribution < 1.29 is 28.6 Å². The molecular formula is C36H51ClN8O6S. The number of hydrogen-bond acceptors (Lipinski definition) is 12.